The highest BCUT2D eigenvalue weighted by Crippen LogP contribution is 2.25. The molecule has 0 saturated carbocycles. The summed E-state index contributed by atoms with van der Waals surface area (Å²) in [6.07, 6.45) is -0.437. The van der Waals surface area contributed by atoms with Crippen molar-refractivity contribution >= 4 is 5.69 Å². The van der Waals surface area contributed by atoms with Gasteiger partial charge in [-0.2, -0.15) is 0 Å². The van der Waals surface area contributed by atoms with Crippen molar-refractivity contribution in [3.63, 3.8) is 0 Å². The van der Waals surface area contributed by atoms with Crippen molar-refractivity contribution in [2.45, 2.75) is 32.2 Å². The average Bonchev–Trinajstić information content (AvgIpc) is 2.44. The molecule has 1 N–H and O–H groups in total. The molecule has 2 nitrogen and oxygen atoms in total. The Morgan fingerprint density at radius 1 is 1.35 bits per heavy atom. The van der Waals surface area contributed by atoms with Gasteiger partial charge in [0.05, 0.1) is 6.54 Å². The summed E-state index contributed by atoms with van der Waals surface area (Å²) in [5.74, 6) is 0.181. The topological polar surface area (TPSA) is 15.3 Å². The van der Waals surface area contributed by atoms with E-state index in [1.54, 1.807) is 6.07 Å². The summed E-state index contributed by atoms with van der Waals surface area (Å²) in [6, 6.07) is 6.50. The van der Waals surface area contributed by atoms with Crippen molar-refractivity contribution in [1.82, 2.24) is 5.32 Å². The van der Waals surface area contributed by atoms with E-state index in [1.807, 2.05) is 6.07 Å². The summed E-state index contributed by atoms with van der Waals surface area (Å²) >= 11 is 0. The summed E-state index contributed by atoms with van der Waals surface area (Å²) in [6.45, 7) is 3.32. The van der Waals surface area contributed by atoms with E-state index in [0.29, 0.717) is 12.5 Å². The molecule has 2 rings (SSSR count). The third kappa shape index (κ3) is 4.13. The van der Waals surface area contributed by atoms with E-state index in [1.165, 1.54) is 12.1 Å². The number of hydrogen-bond donors (Lipinski definition) is 1. The second-order valence-corrected chi connectivity index (χ2v) is 5.39. The molecular formula is C15H21F3N2. The Bertz CT molecular complexity index is 425. The van der Waals surface area contributed by atoms with Crippen LogP contribution in [-0.4, -0.2) is 32.1 Å². The van der Waals surface area contributed by atoms with Gasteiger partial charge in [-0.15, -0.1) is 0 Å². The highest BCUT2D eigenvalue weighted by molar-refractivity contribution is 5.47. The summed E-state index contributed by atoms with van der Waals surface area (Å²) in [4.78, 5) is 2.09. The minimum atomic E-state index is -2.33. The molecule has 1 fully saturated rings. The Morgan fingerprint density at radius 3 is 2.80 bits per heavy atom. The van der Waals surface area contributed by atoms with E-state index in [0.717, 1.165) is 25.1 Å². The Balaban J connectivity index is 2.04. The number of benzene rings is 1. The van der Waals surface area contributed by atoms with Crippen molar-refractivity contribution in [2.24, 2.45) is 5.92 Å². The maximum atomic E-state index is 13.3. The minimum absolute atomic E-state index is 0.0333. The minimum Gasteiger partial charge on any atom is -0.370 e. The van der Waals surface area contributed by atoms with E-state index >= 15 is 0 Å². The van der Waals surface area contributed by atoms with Gasteiger partial charge in [0.2, 0.25) is 0 Å². The molecule has 1 aromatic rings. The first kappa shape index (κ1) is 15.2. The van der Waals surface area contributed by atoms with E-state index in [9.17, 15) is 13.2 Å². The van der Waals surface area contributed by atoms with Gasteiger partial charge in [-0.05, 0) is 30.5 Å². The normalized spacial score (nSPS) is 23.4. The molecule has 0 amide bonds. The fourth-order valence-electron chi connectivity index (χ4n) is 2.79. The molecule has 0 bridgehead atoms. The predicted octanol–water partition coefficient (Wildman–Crippen LogP) is 3.29. The molecule has 1 aliphatic rings. The summed E-state index contributed by atoms with van der Waals surface area (Å²) in [5, 5.41) is 2.91. The number of hydrogen-bond acceptors (Lipinski definition) is 2. The van der Waals surface area contributed by atoms with Crippen LogP contribution in [0.15, 0.2) is 24.3 Å². The fraction of sp³-hybridized carbons (Fsp3) is 0.600. The Morgan fingerprint density at radius 2 is 2.15 bits per heavy atom. The number of alkyl halides is 2. The maximum Gasteiger partial charge on any atom is 0.250 e. The summed E-state index contributed by atoms with van der Waals surface area (Å²) < 4.78 is 37.9. The van der Waals surface area contributed by atoms with Crippen molar-refractivity contribution in [2.75, 3.05) is 24.5 Å². The molecule has 0 radical (unpaired) electrons. The zero-order valence-electron chi connectivity index (χ0n) is 11.7. The largest absolute Gasteiger partial charge is 0.370 e. The predicted molar refractivity (Wildman–Crippen MR) is 74.8 cm³/mol. The third-order valence-corrected chi connectivity index (χ3v) is 3.85. The fourth-order valence-corrected chi connectivity index (χ4v) is 2.79. The van der Waals surface area contributed by atoms with E-state index in [-0.39, 0.29) is 18.4 Å². The number of nitrogens with one attached hydrogen (secondary N) is 1. The average molecular weight is 286 g/mol. The zero-order chi connectivity index (χ0) is 14.5. The van der Waals surface area contributed by atoms with Gasteiger partial charge in [-0.25, -0.2) is 13.2 Å². The van der Waals surface area contributed by atoms with Crippen LogP contribution in [0.25, 0.3) is 0 Å². The van der Waals surface area contributed by atoms with Crippen LogP contribution in [0.2, 0.25) is 0 Å². The number of anilines is 1. The van der Waals surface area contributed by atoms with E-state index in [2.05, 4.69) is 17.1 Å². The van der Waals surface area contributed by atoms with Crippen molar-refractivity contribution in [1.29, 1.82) is 0 Å². The summed E-state index contributed by atoms with van der Waals surface area (Å²) in [5.41, 5.74) is 0.826. The molecule has 0 aliphatic carbocycles. The monoisotopic (exact) mass is 286 g/mol. The molecule has 0 spiro atoms. The molecule has 112 valence electrons. The van der Waals surface area contributed by atoms with Gasteiger partial charge in [0.25, 0.3) is 6.43 Å². The number of nitrogens with zero attached hydrogens (tertiary/aromatic N) is 1. The molecular weight excluding hydrogens is 265 g/mol. The standard InChI is InChI=1S/C15H21F3N2/c1-2-11-6-13(19-8-15(17)18)10-20(9-11)14-5-3-4-12(16)7-14/h3-5,7,11,13,15,19H,2,6,8-10H2,1H3. The molecule has 1 aromatic carbocycles. The van der Waals surface area contributed by atoms with Gasteiger partial charge in [0.1, 0.15) is 5.82 Å². The second kappa shape index (κ2) is 6.97. The lowest BCUT2D eigenvalue weighted by atomic mass is 9.91. The van der Waals surface area contributed by atoms with Crippen molar-refractivity contribution < 1.29 is 13.2 Å². The van der Waals surface area contributed by atoms with E-state index in [4.69, 9.17) is 0 Å². The lowest BCUT2D eigenvalue weighted by Gasteiger charge is -2.39. The summed E-state index contributed by atoms with van der Waals surface area (Å²) in [7, 11) is 0. The molecule has 5 heteroatoms. The van der Waals surface area contributed by atoms with Crippen molar-refractivity contribution in [3.8, 4) is 0 Å². The van der Waals surface area contributed by atoms with Crippen LogP contribution in [0, 0.1) is 11.7 Å². The highest BCUT2D eigenvalue weighted by Gasteiger charge is 2.26. The highest BCUT2D eigenvalue weighted by atomic mass is 19.3. The SMILES string of the molecule is CCC1CC(NCC(F)F)CN(c2cccc(F)c2)C1. The zero-order valence-corrected chi connectivity index (χ0v) is 11.7. The van der Waals surface area contributed by atoms with E-state index < -0.39 is 6.43 Å². The maximum absolute atomic E-state index is 13.3. The van der Waals surface area contributed by atoms with Gasteiger partial charge >= 0.3 is 0 Å². The van der Waals surface area contributed by atoms with Crippen LogP contribution >= 0.6 is 0 Å². The van der Waals surface area contributed by atoms with Gasteiger partial charge in [0, 0.05) is 24.8 Å². The first-order chi connectivity index (χ1) is 9.58. The quantitative estimate of drug-likeness (QED) is 0.893. The van der Waals surface area contributed by atoms with Gasteiger partial charge in [0.15, 0.2) is 0 Å². The van der Waals surface area contributed by atoms with Gasteiger partial charge in [-0.3, -0.25) is 0 Å². The third-order valence-electron chi connectivity index (χ3n) is 3.85. The molecule has 20 heavy (non-hydrogen) atoms. The first-order valence-electron chi connectivity index (χ1n) is 7.10. The lowest BCUT2D eigenvalue weighted by Crippen LogP contribution is -2.50. The molecule has 1 saturated heterocycles. The van der Waals surface area contributed by atoms with Crippen molar-refractivity contribution in [3.05, 3.63) is 30.1 Å². The first-order valence-corrected chi connectivity index (χ1v) is 7.10. The Kier molecular flexibility index (Phi) is 5.29. The Hall–Kier alpha value is -1.23. The van der Waals surface area contributed by atoms with Crippen LogP contribution in [0.4, 0.5) is 18.9 Å². The molecule has 0 aromatic heterocycles. The second-order valence-electron chi connectivity index (χ2n) is 5.39. The van der Waals surface area contributed by atoms with Crippen LogP contribution in [0.3, 0.4) is 0 Å². The number of piperidine rings is 1. The smallest absolute Gasteiger partial charge is 0.250 e. The molecule has 1 aliphatic heterocycles. The number of halogens is 3. The van der Waals surface area contributed by atoms with Gasteiger partial charge < -0.3 is 10.2 Å². The van der Waals surface area contributed by atoms with Gasteiger partial charge in [-0.1, -0.05) is 19.4 Å². The lowest BCUT2D eigenvalue weighted by molar-refractivity contribution is 0.137. The van der Waals surface area contributed by atoms with Crippen LogP contribution in [0.5, 0.6) is 0 Å². The van der Waals surface area contributed by atoms with Crippen LogP contribution in [-0.2, 0) is 0 Å². The number of rotatable bonds is 5. The van der Waals surface area contributed by atoms with Crippen LogP contribution < -0.4 is 10.2 Å². The molecule has 1 heterocycles. The molecule has 2 unspecified atom stereocenters. The van der Waals surface area contributed by atoms with Crippen LogP contribution in [0.1, 0.15) is 19.8 Å². The Labute approximate surface area is 118 Å². The molecule has 2 atom stereocenters.